The minimum Gasteiger partial charge on any atom is -0.343 e. The molecule has 0 aromatic carbocycles. The second-order valence-electron chi connectivity index (χ2n) is 3.60. The molecule has 0 unspecified atom stereocenters. The highest BCUT2D eigenvalue weighted by Gasteiger charge is 2.15. The second-order valence-corrected chi connectivity index (χ2v) is 3.60. The maximum atomic E-state index is 11.5. The zero-order valence-corrected chi connectivity index (χ0v) is 8.13. The highest BCUT2D eigenvalue weighted by molar-refractivity contribution is 5.76. The molecule has 1 aliphatic heterocycles. The summed E-state index contributed by atoms with van der Waals surface area (Å²) in [5, 5.41) is 10.2. The first-order valence-corrected chi connectivity index (χ1v) is 5.20. The van der Waals surface area contributed by atoms with Gasteiger partial charge in [0.1, 0.15) is 0 Å². The predicted molar refractivity (Wildman–Crippen MR) is 49.8 cm³/mol. The summed E-state index contributed by atoms with van der Waals surface area (Å²) in [6.45, 7) is 1.81. The molecular weight excluding hydrogens is 166 g/mol. The molecule has 0 aromatic heterocycles. The molecular formula is C10H18NO2. The molecule has 0 atom stereocenters. The van der Waals surface area contributed by atoms with Crippen molar-refractivity contribution >= 4 is 5.91 Å². The largest absolute Gasteiger partial charge is 0.343 e. The van der Waals surface area contributed by atoms with Crippen LogP contribution in [0.4, 0.5) is 0 Å². The minimum absolute atomic E-state index is 0.0483. The molecule has 1 amide bonds. The number of likely N-dealkylation sites (tertiary alicyclic amines) is 1. The number of unbranched alkanes of at least 4 members (excludes halogenated alkanes) is 1. The summed E-state index contributed by atoms with van der Waals surface area (Å²) in [6.07, 6.45) is 5.52. The standard InChI is InChI=1S/C10H18NO2/c12-9-5-2-6-10(13)11-7-3-1-4-8-11/h1-9H2. The molecule has 0 saturated carbocycles. The Bertz CT molecular complexity index is 153. The fourth-order valence-corrected chi connectivity index (χ4v) is 1.68. The third kappa shape index (κ3) is 3.77. The zero-order chi connectivity index (χ0) is 9.52. The molecule has 1 fully saturated rings. The van der Waals surface area contributed by atoms with Gasteiger partial charge >= 0.3 is 0 Å². The topological polar surface area (TPSA) is 40.2 Å². The van der Waals surface area contributed by atoms with Crippen LogP contribution >= 0.6 is 0 Å². The molecule has 0 bridgehead atoms. The van der Waals surface area contributed by atoms with Crippen molar-refractivity contribution in [1.82, 2.24) is 4.90 Å². The van der Waals surface area contributed by atoms with E-state index in [9.17, 15) is 9.90 Å². The Morgan fingerprint density at radius 3 is 2.38 bits per heavy atom. The molecule has 13 heavy (non-hydrogen) atoms. The van der Waals surface area contributed by atoms with E-state index in [2.05, 4.69) is 0 Å². The van der Waals surface area contributed by atoms with E-state index in [1.165, 1.54) is 6.42 Å². The van der Waals surface area contributed by atoms with Crippen LogP contribution in [0, 0.1) is 0 Å². The summed E-state index contributed by atoms with van der Waals surface area (Å²) in [5.41, 5.74) is 0. The van der Waals surface area contributed by atoms with Gasteiger partial charge in [0.25, 0.3) is 0 Å². The van der Waals surface area contributed by atoms with Gasteiger partial charge in [0, 0.05) is 19.5 Å². The van der Waals surface area contributed by atoms with Gasteiger partial charge in [-0.25, -0.2) is 5.11 Å². The van der Waals surface area contributed by atoms with Crippen LogP contribution in [0.3, 0.4) is 0 Å². The van der Waals surface area contributed by atoms with Crippen LogP contribution in [0.5, 0.6) is 0 Å². The Balaban J connectivity index is 2.13. The fourth-order valence-electron chi connectivity index (χ4n) is 1.68. The van der Waals surface area contributed by atoms with Crippen molar-refractivity contribution in [2.45, 2.75) is 38.5 Å². The smallest absolute Gasteiger partial charge is 0.222 e. The molecule has 1 rings (SSSR count). The lowest BCUT2D eigenvalue weighted by molar-refractivity contribution is -0.132. The van der Waals surface area contributed by atoms with Crippen LogP contribution in [-0.2, 0) is 9.90 Å². The Labute approximate surface area is 79.7 Å². The number of amides is 1. The zero-order valence-electron chi connectivity index (χ0n) is 8.13. The average Bonchev–Trinajstić information content (AvgIpc) is 2.19. The Morgan fingerprint density at radius 2 is 1.77 bits per heavy atom. The van der Waals surface area contributed by atoms with E-state index < -0.39 is 0 Å². The lowest BCUT2D eigenvalue weighted by atomic mass is 10.1. The number of piperidine rings is 1. The van der Waals surface area contributed by atoms with Gasteiger partial charge in [-0.1, -0.05) is 0 Å². The first-order chi connectivity index (χ1) is 6.34. The average molecular weight is 184 g/mol. The van der Waals surface area contributed by atoms with Crippen molar-refractivity contribution in [1.29, 1.82) is 0 Å². The van der Waals surface area contributed by atoms with E-state index in [0.29, 0.717) is 12.8 Å². The SMILES string of the molecule is [O]CCCCC(=O)N1CCCCC1. The van der Waals surface area contributed by atoms with Gasteiger partial charge < -0.3 is 4.90 Å². The maximum Gasteiger partial charge on any atom is 0.222 e. The third-order valence-corrected chi connectivity index (χ3v) is 2.49. The monoisotopic (exact) mass is 184 g/mol. The van der Waals surface area contributed by atoms with Crippen molar-refractivity contribution < 1.29 is 9.90 Å². The van der Waals surface area contributed by atoms with E-state index >= 15 is 0 Å². The second kappa shape index (κ2) is 5.97. The van der Waals surface area contributed by atoms with Crippen LogP contribution < -0.4 is 0 Å². The van der Waals surface area contributed by atoms with Crippen molar-refractivity contribution in [2.75, 3.05) is 19.7 Å². The van der Waals surface area contributed by atoms with Crippen LogP contribution in [0.15, 0.2) is 0 Å². The highest BCUT2D eigenvalue weighted by atomic mass is 16.3. The molecule has 3 nitrogen and oxygen atoms in total. The van der Waals surface area contributed by atoms with Crippen molar-refractivity contribution in [3.63, 3.8) is 0 Å². The Morgan fingerprint density at radius 1 is 1.08 bits per heavy atom. The van der Waals surface area contributed by atoms with E-state index in [1.807, 2.05) is 4.90 Å². The molecule has 1 heterocycles. The van der Waals surface area contributed by atoms with E-state index in [0.717, 1.165) is 32.4 Å². The van der Waals surface area contributed by atoms with E-state index in [-0.39, 0.29) is 12.5 Å². The highest BCUT2D eigenvalue weighted by Crippen LogP contribution is 2.10. The molecule has 0 N–H and O–H groups in total. The minimum atomic E-state index is -0.0483. The molecule has 1 aliphatic rings. The van der Waals surface area contributed by atoms with Gasteiger partial charge in [-0.3, -0.25) is 4.79 Å². The van der Waals surface area contributed by atoms with E-state index in [1.54, 1.807) is 0 Å². The first kappa shape index (κ1) is 10.5. The van der Waals surface area contributed by atoms with Crippen molar-refractivity contribution in [2.24, 2.45) is 0 Å². The number of nitrogens with zero attached hydrogens (tertiary/aromatic N) is 1. The van der Waals surface area contributed by atoms with Gasteiger partial charge in [-0.2, -0.15) is 0 Å². The fraction of sp³-hybridized carbons (Fsp3) is 0.900. The number of carbonyl (C=O) groups excluding carboxylic acids is 1. The number of carbonyl (C=O) groups is 1. The van der Waals surface area contributed by atoms with Crippen molar-refractivity contribution in [3.8, 4) is 0 Å². The quantitative estimate of drug-likeness (QED) is 0.612. The maximum absolute atomic E-state index is 11.5. The number of hydrogen-bond donors (Lipinski definition) is 0. The van der Waals surface area contributed by atoms with Gasteiger partial charge in [-0.15, -0.1) is 0 Å². The molecule has 0 aromatic rings. The Hall–Kier alpha value is -0.570. The van der Waals surface area contributed by atoms with Gasteiger partial charge in [-0.05, 0) is 32.1 Å². The van der Waals surface area contributed by atoms with E-state index in [4.69, 9.17) is 0 Å². The number of rotatable bonds is 4. The lowest BCUT2D eigenvalue weighted by Gasteiger charge is -2.26. The van der Waals surface area contributed by atoms with Gasteiger partial charge in [0.05, 0.1) is 6.61 Å². The van der Waals surface area contributed by atoms with Crippen LogP contribution in [0.1, 0.15) is 38.5 Å². The van der Waals surface area contributed by atoms with Crippen molar-refractivity contribution in [3.05, 3.63) is 0 Å². The van der Waals surface area contributed by atoms with Gasteiger partial charge in [0.15, 0.2) is 0 Å². The van der Waals surface area contributed by atoms with Gasteiger partial charge in [0.2, 0.25) is 5.91 Å². The first-order valence-electron chi connectivity index (χ1n) is 5.20. The summed E-state index contributed by atoms with van der Waals surface area (Å²) in [7, 11) is 0. The predicted octanol–water partition coefficient (Wildman–Crippen LogP) is 1.60. The normalized spacial score (nSPS) is 17.5. The molecule has 0 spiro atoms. The van der Waals surface area contributed by atoms with Crippen LogP contribution in [-0.4, -0.2) is 30.5 Å². The Kier molecular flexibility index (Phi) is 4.83. The summed E-state index contributed by atoms with van der Waals surface area (Å²) in [5.74, 6) is 0.244. The number of hydrogen-bond acceptors (Lipinski definition) is 1. The molecule has 75 valence electrons. The molecule has 0 aliphatic carbocycles. The summed E-state index contributed by atoms with van der Waals surface area (Å²) >= 11 is 0. The third-order valence-electron chi connectivity index (χ3n) is 2.49. The molecule has 3 heteroatoms. The summed E-state index contributed by atoms with van der Waals surface area (Å²) in [4.78, 5) is 13.4. The van der Waals surface area contributed by atoms with Crippen LogP contribution in [0.25, 0.3) is 0 Å². The lowest BCUT2D eigenvalue weighted by Crippen LogP contribution is -2.35. The molecule has 1 saturated heterocycles. The summed E-state index contributed by atoms with van der Waals surface area (Å²) in [6, 6.07) is 0. The molecule has 1 radical (unpaired) electrons. The van der Waals surface area contributed by atoms with Crippen LogP contribution in [0.2, 0.25) is 0 Å². The summed E-state index contributed by atoms with van der Waals surface area (Å²) < 4.78 is 0.